The molecule has 1 fully saturated rings. The second-order valence-corrected chi connectivity index (χ2v) is 5.98. The minimum absolute atomic E-state index is 0.250. The summed E-state index contributed by atoms with van der Waals surface area (Å²) in [6.07, 6.45) is 1.25. The lowest BCUT2D eigenvalue weighted by molar-refractivity contribution is -0.208. The third kappa shape index (κ3) is 3.43. The molecule has 1 amide bonds. The third-order valence-corrected chi connectivity index (χ3v) is 3.25. The smallest absolute Gasteiger partial charge is 0.330 e. The maximum atomic E-state index is 11.7. The zero-order valence-electron chi connectivity index (χ0n) is 11.1. The molecule has 0 aliphatic carbocycles. The van der Waals surface area contributed by atoms with Gasteiger partial charge in [-0.1, -0.05) is 6.92 Å². The van der Waals surface area contributed by atoms with Crippen LogP contribution in [0.2, 0.25) is 0 Å². The van der Waals surface area contributed by atoms with Gasteiger partial charge in [-0.15, -0.1) is 5.06 Å². The summed E-state index contributed by atoms with van der Waals surface area (Å²) in [5, 5.41) is 1.62. The number of piperidine rings is 1. The lowest BCUT2D eigenvalue weighted by Gasteiger charge is -2.36. The van der Waals surface area contributed by atoms with Gasteiger partial charge in [0, 0.05) is 18.5 Å². The molecule has 1 saturated heterocycles. The van der Waals surface area contributed by atoms with Crippen molar-refractivity contribution in [2.75, 3.05) is 13.1 Å². The molecule has 5 heteroatoms. The molecule has 0 unspecified atom stereocenters. The quantitative estimate of drug-likeness (QED) is 0.786. The molecular formula is C12H22N2O3. The summed E-state index contributed by atoms with van der Waals surface area (Å²) in [6.45, 7) is 8.41. The topological polar surface area (TPSA) is 72.6 Å². The highest BCUT2D eigenvalue weighted by molar-refractivity contribution is 5.80. The van der Waals surface area contributed by atoms with Crippen LogP contribution in [0.4, 0.5) is 0 Å². The molecule has 1 heterocycles. The first-order chi connectivity index (χ1) is 7.65. The molecule has 0 spiro atoms. The Labute approximate surface area is 102 Å². The van der Waals surface area contributed by atoms with Crippen molar-refractivity contribution in [1.82, 2.24) is 5.06 Å². The zero-order chi connectivity index (χ0) is 13.3. The van der Waals surface area contributed by atoms with Gasteiger partial charge in [0.25, 0.3) is 0 Å². The minimum Gasteiger partial charge on any atom is -0.369 e. The first-order valence-corrected chi connectivity index (χ1v) is 5.92. The van der Waals surface area contributed by atoms with Crippen LogP contribution in [0.3, 0.4) is 0 Å². The predicted molar refractivity (Wildman–Crippen MR) is 63.7 cm³/mol. The lowest BCUT2D eigenvalue weighted by atomic mass is 9.80. The molecule has 1 rings (SSSR count). The number of rotatable bonds is 2. The molecule has 0 atom stereocenters. The van der Waals surface area contributed by atoms with Crippen molar-refractivity contribution in [1.29, 1.82) is 0 Å². The van der Waals surface area contributed by atoms with Crippen molar-refractivity contribution in [2.24, 2.45) is 16.6 Å². The van der Waals surface area contributed by atoms with E-state index in [1.54, 1.807) is 5.06 Å². The highest BCUT2D eigenvalue weighted by Crippen LogP contribution is 2.31. The van der Waals surface area contributed by atoms with E-state index in [-0.39, 0.29) is 11.9 Å². The normalized spacial score (nSPS) is 20.9. The fourth-order valence-corrected chi connectivity index (χ4v) is 1.57. The Balaban J connectivity index is 2.49. The molecule has 1 aliphatic heterocycles. The summed E-state index contributed by atoms with van der Waals surface area (Å²) in [4.78, 5) is 28.2. The van der Waals surface area contributed by atoms with E-state index in [1.807, 2.05) is 27.7 Å². The summed E-state index contributed by atoms with van der Waals surface area (Å²) >= 11 is 0. The van der Waals surface area contributed by atoms with E-state index in [0.717, 1.165) is 0 Å². The van der Waals surface area contributed by atoms with Gasteiger partial charge in [-0.2, -0.15) is 0 Å². The van der Waals surface area contributed by atoms with E-state index >= 15 is 0 Å². The molecule has 0 saturated carbocycles. The Morgan fingerprint density at radius 3 is 2.06 bits per heavy atom. The second-order valence-electron chi connectivity index (χ2n) is 5.98. The van der Waals surface area contributed by atoms with Gasteiger partial charge in [0.05, 0.1) is 5.41 Å². The number of carbonyl (C=O) groups excluding carboxylic acids is 2. The molecule has 2 N–H and O–H groups in total. The Kier molecular flexibility index (Phi) is 3.81. The summed E-state index contributed by atoms with van der Waals surface area (Å²) in [5.41, 5.74) is 4.38. The van der Waals surface area contributed by atoms with E-state index in [1.165, 1.54) is 0 Å². The van der Waals surface area contributed by atoms with Crippen molar-refractivity contribution in [3.63, 3.8) is 0 Å². The van der Waals surface area contributed by atoms with Crippen LogP contribution in [0, 0.1) is 10.8 Å². The monoisotopic (exact) mass is 242 g/mol. The highest BCUT2D eigenvalue weighted by atomic mass is 16.7. The molecule has 0 aromatic rings. The van der Waals surface area contributed by atoms with Crippen LogP contribution in [0.5, 0.6) is 0 Å². The molecule has 17 heavy (non-hydrogen) atoms. The number of nitrogens with zero attached hydrogens (tertiary/aromatic N) is 1. The average Bonchev–Trinajstić information content (AvgIpc) is 2.20. The Morgan fingerprint density at radius 1 is 1.24 bits per heavy atom. The third-order valence-electron chi connectivity index (χ3n) is 3.25. The van der Waals surface area contributed by atoms with E-state index < -0.39 is 10.8 Å². The Bertz CT molecular complexity index is 312. The fraction of sp³-hybridized carbons (Fsp3) is 0.833. The molecule has 0 bridgehead atoms. The lowest BCUT2D eigenvalue weighted by Crippen LogP contribution is -2.46. The molecule has 1 aliphatic rings. The molecular weight excluding hydrogens is 220 g/mol. The SMILES string of the molecule is CC(C)(C)C(=O)ON1CCC(C)(C(N)=O)CC1. The first-order valence-electron chi connectivity index (χ1n) is 5.92. The van der Waals surface area contributed by atoms with Gasteiger partial charge in [-0.25, -0.2) is 4.79 Å². The van der Waals surface area contributed by atoms with Crippen molar-refractivity contribution in [2.45, 2.75) is 40.5 Å². The summed E-state index contributed by atoms with van der Waals surface area (Å²) < 4.78 is 0. The molecule has 5 nitrogen and oxygen atoms in total. The number of carbonyl (C=O) groups is 2. The van der Waals surface area contributed by atoms with Gasteiger partial charge < -0.3 is 10.6 Å². The molecule has 0 aromatic heterocycles. The van der Waals surface area contributed by atoms with Crippen molar-refractivity contribution in [3.05, 3.63) is 0 Å². The van der Waals surface area contributed by atoms with Crippen LogP contribution < -0.4 is 5.73 Å². The van der Waals surface area contributed by atoms with E-state index in [2.05, 4.69) is 0 Å². The van der Waals surface area contributed by atoms with Crippen molar-refractivity contribution in [3.8, 4) is 0 Å². The number of hydrogen-bond donors (Lipinski definition) is 1. The van der Waals surface area contributed by atoms with Gasteiger partial charge in [0.2, 0.25) is 5.91 Å². The van der Waals surface area contributed by atoms with Crippen LogP contribution >= 0.6 is 0 Å². The largest absolute Gasteiger partial charge is 0.369 e. The van der Waals surface area contributed by atoms with E-state index in [0.29, 0.717) is 25.9 Å². The number of nitrogens with two attached hydrogens (primary N) is 1. The van der Waals surface area contributed by atoms with Gasteiger partial charge in [-0.3, -0.25) is 4.79 Å². The zero-order valence-corrected chi connectivity index (χ0v) is 11.1. The average molecular weight is 242 g/mol. The number of primary amides is 1. The van der Waals surface area contributed by atoms with Crippen LogP contribution in [0.15, 0.2) is 0 Å². The molecule has 0 aromatic carbocycles. The number of hydroxylamine groups is 2. The van der Waals surface area contributed by atoms with Crippen molar-refractivity contribution < 1.29 is 14.4 Å². The predicted octanol–water partition coefficient (Wildman–Crippen LogP) is 1.08. The molecule has 0 radical (unpaired) electrons. The number of amides is 1. The second kappa shape index (κ2) is 4.64. The minimum atomic E-state index is -0.509. The Hall–Kier alpha value is -1.10. The fourth-order valence-electron chi connectivity index (χ4n) is 1.57. The van der Waals surface area contributed by atoms with Gasteiger partial charge in [0.15, 0.2) is 0 Å². The standard InChI is InChI=1S/C12H22N2O3/c1-11(2,3)10(16)17-14-7-5-12(4,6-8-14)9(13)15/h5-8H2,1-4H3,(H2,13,15). The number of hydrogen-bond acceptors (Lipinski definition) is 4. The van der Waals surface area contributed by atoms with Crippen LogP contribution in [-0.2, 0) is 14.4 Å². The van der Waals surface area contributed by atoms with Crippen LogP contribution in [0.1, 0.15) is 40.5 Å². The maximum Gasteiger partial charge on any atom is 0.330 e. The van der Waals surface area contributed by atoms with Crippen LogP contribution in [0.25, 0.3) is 0 Å². The molecule has 98 valence electrons. The van der Waals surface area contributed by atoms with Crippen LogP contribution in [-0.4, -0.2) is 30.0 Å². The summed E-state index contributed by atoms with van der Waals surface area (Å²) in [7, 11) is 0. The first kappa shape index (κ1) is 14.0. The Morgan fingerprint density at radius 2 is 1.71 bits per heavy atom. The summed E-state index contributed by atoms with van der Waals surface area (Å²) in [5.74, 6) is -0.528. The van der Waals surface area contributed by atoms with Crippen molar-refractivity contribution >= 4 is 11.9 Å². The highest BCUT2D eigenvalue weighted by Gasteiger charge is 2.37. The van der Waals surface area contributed by atoms with Gasteiger partial charge in [-0.05, 0) is 33.6 Å². The van der Waals surface area contributed by atoms with E-state index in [4.69, 9.17) is 10.6 Å². The van der Waals surface area contributed by atoms with E-state index in [9.17, 15) is 9.59 Å². The maximum absolute atomic E-state index is 11.7. The van der Waals surface area contributed by atoms with Gasteiger partial charge >= 0.3 is 5.97 Å². The summed E-state index contributed by atoms with van der Waals surface area (Å²) in [6, 6.07) is 0. The van der Waals surface area contributed by atoms with Gasteiger partial charge in [0.1, 0.15) is 0 Å².